The molecule has 2 nitrogen and oxygen atoms in total. The molecule has 0 amide bonds. The van der Waals surface area contributed by atoms with Gasteiger partial charge in [0.1, 0.15) is 5.75 Å². The minimum absolute atomic E-state index is 0.237. The van der Waals surface area contributed by atoms with Crippen LogP contribution in [0.2, 0.25) is 0 Å². The Morgan fingerprint density at radius 1 is 1.00 bits per heavy atom. The van der Waals surface area contributed by atoms with E-state index >= 15 is 0 Å². The summed E-state index contributed by atoms with van der Waals surface area (Å²) in [6.07, 6.45) is 5.61. The Balaban J connectivity index is 1.87. The SMILES string of the molecule is CC1CCC(NC(C)c2ccc(OC(C)C)cc2)CC1. The van der Waals surface area contributed by atoms with Gasteiger partial charge in [0.05, 0.1) is 6.10 Å². The molecule has 0 heterocycles. The van der Waals surface area contributed by atoms with Crippen molar-refractivity contribution in [3.63, 3.8) is 0 Å². The second kappa shape index (κ2) is 7.12. The van der Waals surface area contributed by atoms with Gasteiger partial charge in [0.15, 0.2) is 0 Å². The van der Waals surface area contributed by atoms with Crippen molar-refractivity contribution in [2.75, 3.05) is 0 Å². The Hall–Kier alpha value is -1.02. The van der Waals surface area contributed by atoms with Crippen LogP contribution < -0.4 is 10.1 Å². The van der Waals surface area contributed by atoms with E-state index in [9.17, 15) is 0 Å². The van der Waals surface area contributed by atoms with Gasteiger partial charge in [-0.2, -0.15) is 0 Å². The maximum absolute atomic E-state index is 5.69. The summed E-state index contributed by atoms with van der Waals surface area (Å²) < 4.78 is 5.69. The number of rotatable bonds is 5. The molecule has 112 valence electrons. The fraction of sp³-hybridized carbons (Fsp3) is 0.667. The van der Waals surface area contributed by atoms with Crippen molar-refractivity contribution < 1.29 is 4.74 Å². The van der Waals surface area contributed by atoms with Gasteiger partial charge in [0.25, 0.3) is 0 Å². The standard InChI is InChI=1S/C18H29NO/c1-13(2)20-18-11-7-16(8-12-18)15(4)19-17-9-5-14(3)6-10-17/h7-8,11-15,17,19H,5-6,9-10H2,1-4H3. The molecule has 1 fully saturated rings. The fourth-order valence-electron chi connectivity index (χ4n) is 2.98. The van der Waals surface area contributed by atoms with Crippen LogP contribution in [0.5, 0.6) is 5.75 Å². The summed E-state index contributed by atoms with van der Waals surface area (Å²) in [6.45, 7) is 8.74. The molecule has 0 spiro atoms. The van der Waals surface area contributed by atoms with Crippen LogP contribution in [-0.4, -0.2) is 12.1 Å². The highest BCUT2D eigenvalue weighted by Crippen LogP contribution is 2.26. The lowest BCUT2D eigenvalue weighted by atomic mass is 9.87. The molecule has 0 bridgehead atoms. The smallest absolute Gasteiger partial charge is 0.119 e. The maximum Gasteiger partial charge on any atom is 0.119 e. The summed E-state index contributed by atoms with van der Waals surface area (Å²) in [7, 11) is 0. The van der Waals surface area contributed by atoms with Crippen LogP contribution in [0, 0.1) is 5.92 Å². The molecular weight excluding hydrogens is 246 g/mol. The lowest BCUT2D eigenvalue weighted by molar-refractivity contribution is 0.242. The summed E-state index contributed by atoms with van der Waals surface area (Å²) >= 11 is 0. The zero-order valence-electron chi connectivity index (χ0n) is 13.4. The van der Waals surface area contributed by atoms with Gasteiger partial charge in [0, 0.05) is 12.1 Å². The fourth-order valence-corrected chi connectivity index (χ4v) is 2.98. The van der Waals surface area contributed by atoms with Crippen LogP contribution in [0.1, 0.15) is 65.0 Å². The van der Waals surface area contributed by atoms with Crippen molar-refractivity contribution in [2.45, 2.75) is 71.6 Å². The van der Waals surface area contributed by atoms with Crippen molar-refractivity contribution >= 4 is 0 Å². The second-order valence-electron chi connectivity index (χ2n) is 6.58. The molecule has 2 heteroatoms. The molecule has 0 radical (unpaired) electrons. The summed E-state index contributed by atoms with van der Waals surface area (Å²) in [5, 5.41) is 3.78. The van der Waals surface area contributed by atoms with E-state index in [0.29, 0.717) is 12.1 Å². The van der Waals surface area contributed by atoms with Crippen LogP contribution >= 0.6 is 0 Å². The molecule has 0 saturated heterocycles. The van der Waals surface area contributed by atoms with Gasteiger partial charge < -0.3 is 10.1 Å². The van der Waals surface area contributed by atoms with Gasteiger partial charge in [-0.1, -0.05) is 19.1 Å². The number of ether oxygens (including phenoxy) is 1. The molecule has 1 N–H and O–H groups in total. The number of hydrogen-bond donors (Lipinski definition) is 1. The van der Waals surface area contributed by atoms with E-state index in [-0.39, 0.29) is 6.10 Å². The van der Waals surface area contributed by atoms with Crippen molar-refractivity contribution in [3.8, 4) is 5.75 Å². The van der Waals surface area contributed by atoms with Gasteiger partial charge in [-0.15, -0.1) is 0 Å². The van der Waals surface area contributed by atoms with Crippen LogP contribution in [0.4, 0.5) is 0 Å². The van der Waals surface area contributed by atoms with E-state index in [1.54, 1.807) is 0 Å². The van der Waals surface area contributed by atoms with Crippen LogP contribution in [0.15, 0.2) is 24.3 Å². The predicted molar refractivity (Wildman–Crippen MR) is 85.2 cm³/mol. The van der Waals surface area contributed by atoms with Crippen LogP contribution in [-0.2, 0) is 0 Å². The Kier molecular flexibility index (Phi) is 5.47. The topological polar surface area (TPSA) is 21.3 Å². The first kappa shape index (κ1) is 15.4. The molecule has 1 aromatic rings. The zero-order chi connectivity index (χ0) is 14.5. The molecule has 1 aliphatic carbocycles. The number of benzene rings is 1. The molecular formula is C18H29NO. The molecule has 1 aromatic carbocycles. The maximum atomic E-state index is 5.69. The van der Waals surface area contributed by atoms with Gasteiger partial charge in [0.2, 0.25) is 0 Å². The van der Waals surface area contributed by atoms with Crippen LogP contribution in [0.25, 0.3) is 0 Å². The summed E-state index contributed by atoms with van der Waals surface area (Å²) in [4.78, 5) is 0. The highest BCUT2D eigenvalue weighted by atomic mass is 16.5. The van der Waals surface area contributed by atoms with Crippen molar-refractivity contribution in [3.05, 3.63) is 29.8 Å². The number of hydrogen-bond acceptors (Lipinski definition) is 2. The summed E-state index contributed by atoms with van der Waals surface area (Å²) in [6, 6.07) is 9.63. The Morgan fingerprint density at radius 3 is 2.15 bits per heavy atom. The molecule has 1 unspecified atom stereocenters. The van der Waals surface area contributed by atoms with E-state index in [1.165, 1.54) is 31.2 Å². The second-order valence-corrected chi connectivity index (χ2v) is 6.58. The van der Waals surface area contributed by atoms with Crippen LogP contribution in [0.3, 0.4) is 0 Å². The molecule has 20 heavy (non-hydrogen) atoms. The average molecular weight is 275 g/mol. The van der Waals surface area contributed by atoms with Crippen molar-refractivity contribution in [1.29, 1.82) is 0 Å². The van der Waals surface area contributed by atoms with E-state index in [4.69, 9.17) is 4.74 Å². The van der Waals surface area contributed by atoms with Crippen molar-refractivity contribution in [2.24, 2.45) is 5.92 Å². The van der Waals surface area contributed by atoms with Gasteiger partial charge in [-0.25, -0.2) is 0 Å². The molecule has 0 aromatic heterocycles. The largest absolute Gasteiger partial charge is 0.491 e. The Labute approximate surface area is 123 Å². The first-order valence-electron chi connectivity index (χ1n) is 8.07. The van der Waals surface area contributed by atoms with Gasteiger partial charge in [-0.05, 0) is 70.1 Å². The number of nitrogens with one attached hydrogen (secondary N) is 1. The minimum atomic E-state index is 0.237. The average Bonchev–Trinajstić information content (AvgIpc) is 2.41. The minimum Gasteiger partial charge on any atom is -0.491 e. The first-order valence-corrected chi connectivity index (χ1v) is 8.07. The summed E-state index contributed by atoms with van der Waals surface area (Å²) in [5.74, 6) is 1.87. The quantitative estimate of drug-likeness (QED) is 0.840. The van der Waals surface area contributed by atoms with Crippen molar-refractivity contribution in [1.82, 2.24) is 5.32 Å². The van der Waals surface area contributed by atoms with Gasteiger partial charge in [-0.3, -0.25) is 0 Å². The molecule has 1 aliphatic rings. The lowest BCUT2D eigenvalue weighted by Crippen LogP contribution is -2.34. The lowest BCUT2D eigenvalue weighted by Gasteiger charge is -2.30. The zero-order valence-corrected chi connectivity index (χ0v) is 13.4. The third kappa shape index (κ3) is 4.52. The monoisotopic (exact) mass is 275 g/mol. The normalized spacial score (nSPS) is 24.6. The Morgan fingerprint density at radius 2 is 1.60 bits per heavy atom. The third-order valence-corrected chi connectivity index (χ3v) is 4.25. The first-order chi connectivity index (χ1) is 9.54. The Bertz CT molecular complexity index is 390. The highest BCUT2D eigenvalue weighted by molar-refractivity contribution is 5.29. The third-order valence-electron chi connectivity index (χ3n) is 4.25. The van der Waals surface area contributed by atoms with E-state index in [0.717, 1.165) is 11.7 Å². The predicted octanol–water partition coefficient (Wildman–Crippen LogP) is 4.70. The van der Waals surface area contributed by atoms with E-state index in [1.807, 2.05) is 0 Å². The highest BCUT2D eigenvalue weighted by Gasteiger charge is 2.19. The van der Waals surface area contributed by atoms with E-state index in [2.05, 4.69) is 57.3 Å². The molecule has 2 rings (SSSR count). The van der Waals surface area contributed by atoms with E-state index < -0.39 is 0 Å². The molecule has 1 atom stereocenters. The van der Waals surface area contributed by atoms with Gasteiger partial charge >= 0.3 is 0 Å². The molecule has 1 saturated carbocycles. The molecule has 0 aliphatic heterocycles. The summed E-state index contributed by atoms with van der Waals surface area (Å²) in [5.41, 5.74) is 1.35.